The van der Waals surface area contributed by atoms with Gasteiger partial charge in [0.15, 0.2) is 10.9 Å². The first kappa shape index (κ1) is 18.2. The van der Waals surface area contributed by atoms with Crippen molar-refractivity contribution in [2.24, 2.45) is 0 Å². The molecule has 1 heterocycles. The third-order valence-corrected chi connectivity index (χ3v) is 5.29. The summed E-state index contributed by atoms with van der Waals surface area (Å²) in [5.41, 5.74) is 1.24. The number of anilines is 1. The predicted octanol–water partition coefficient (Wildman–Crippen LogP) is 4.38. The van der Waals surface area contributed by atoms with Crippen LogP contribution < -0.4 is 10.1 Å². The molecule has 1 amide bonds. The zero-order valence-corrected chi connectivity index (χ0v) is 16.2. The van der Waals surface area contributed by atoms with E-state index < -0.39 is 0 Å². The molecular weight excluding hydrogens is 398 g/mol. The smallest absolute Gasteiger partial charge is 0.264 e. The van der Waals surface area contributed by atoms with E-state index in [-0.39, 0.29) is 12.5 Å². The molecule has 8 heteroatoms. The number of nitrogens with one attached hydrogen (secondary N) is 1. The molecule has 0 fully saturated rings. The number of thioether (sulfide) groups is 1. The summed E-state index contributed by atoms with van der Waals surface area (Å²) >= 11 is 6.43. The summed E-state index contributed by atoms with van der Waals surface area (Å²) in [6, 6.07) is 5.92. The predicted molar refractivity (Wildman–Crippen MR) is 98.6 cm³/mol. The fraction of sp³-hybridized carbons (Fsp3) is 0.400. The Labute approximate surface area is 152 Å². The van der Waals surface area contributed by atoms with Crippen molar-refractivity contribution in [3.63, 3.8) is 0 Å². The van der Waals surface area contributed by atoms with Crippen molar-refractivity contribution in [1.29, 1.82) is 0 Å². The molecule has 0 spiro atoms. The molecule has 2 aromatic rings. The second-order valence-corrected chi connectivity index (χ2v) is 8.00. The monoisotopic (exact) mass is 415 g/mol. The number of amides is 1. The van der Waals surface area contributed by atoms with Crippen LogP contribution in [0.1, 0.15) is 25.8 Å². The third kappa shape index (κ3) is 5.78. The first-order chi connectivity index (χ1) is 11.1. The lowest BCUT2D eigenvalue weighted by Crippen LogP contribution is -2.20. The van der Waals surface area contributed by atoms with Crippen LogP contribution in [-0.2, 0) is 11.2 Å². The van der Waals surface area contributed by atoms with Gasteiger partial charge < -0.3 is 4.74 Å². The van der Waals surface area contributed by atoms with E-state index in [1.165, 1.54) is 16.9 Å². The van der Waals surface area contributed by atoms with Crippen LogP contribution in [0.5, 0.6) is 5.75 Å². The highest BCUT2D eigenvalue weighted by molar-refractivity contribution is 9.10. The van der Waals surface area contributed by atoms with E-state index in [1.807, 2.05) is 25.1 Å². The molecule has 1 aromatic carbocycles. The number of hydrogen-bond acceptors (Lipinski definition) is 6. The Balaban J connectivity index is 1.86. The van der Waals surface area contributed by atoms with E-state index in [2.05, 4.69) is 38.4 Å². The van der Waals surface area contributed by atoms with Gasteiger partial charge in [0.1, 0.15) is 5.75 Å². The quantitative estimate of drug-likeness (QED) is 0.511. The maximum Gasteiger partial charge on any atom is 0.264 e. The highest BCUT2D eigenvalue weighted by Gasteiger charge is 2.10. The SMILES string of the molecule is CCCc1ccc(OCC(=O)Nc2nnc(SCC)s2)c(Br)c1. The van der Waals surface area contributed by atoms with Gasteiger partial charge in [-0.2, -0.15) is 0 Å². The van der Waals surface area contributed by atoms with Crippen LogP contribution in [0.3, 0.4) is 0 Å². The Morgan fingerprint density at radius 2 is 2.22 bits per heavy atom. The summed E-state index contributed by atoms with van der Waals surface area (Å²) < 4.78 is 7.25. The molecule has 2 rings (SSSR count). The summed E-state index contributed by atoms with van der Waals surface area (Å²) in [4.78, 5) is 11.9. The van der Waals surface area contributed by atoms with E-state index in [0.29, 0.717) is 10.9 Å². The Morgan fingerprint density at radius 1 is 1.39 bits per heavy atom. The highest BCUT2D eigenvalue weighted by Crippen LogP contribution is 2.27. The first-order valence-electron chi connectivity index (χ1n) is 7.29. The van der Waals surface area contributed by atoms with Gasteiger partial charge >= 0.3 is 0 Å². The molecule has 124 valence electrons. The van der Waals surface area contributed by atoms with Crippen molar-refractivity contribution in [3.05, 3.63) is 28.2 Å². The molecule has 0 radical (unpaired) electrons. The number of aryl methyl sites for hydroxylation is 1. The van der Waals surface area contributed by atoms with Gasteiger partial charge in [-0.3, -0.25) is 10.1 Å². The van der Waals surface area contributed by atoms with E-state index in [1.54, 1.807) is 11.8 Å². The second-order valence-electron chi connectivity index (χ2n) is 4.66. The maximum atomic E-state index is 11.9. The van der Waals surface area contributed by atoms with Crippen LogP contribution in [0, 0.1) is 0 Å². The maximum absolute atomic E-state index is 11.9. The number of carbonyl (C=O) groups excluding carboxylic acids is 1. The van der Waals surface area contributed by atoms with Gasteiger partial charge in [0.25, 0.3) is 5.91 Å². The molecule has 0 unspecified atom stereocenters. The summed E-state index contributed by atoms with van der Waals surface area (Å²) in [6.07, 6.45) is 2.11. The molecule has 1 aromatic heterocycles. The molecule has 0 aliphatic carbocycles. The molecule has 0 atom stereocenters. The number of ether oxygens (including phenoxy) is 1. The molecule has 23 heavy (non-hydrogen) atoms. The van der Waals surface area contributed by atoms with Gasteiger partial charge in [0.2, 0.25) is 5.13 Å². The van der Waals surface area contributed by atoms with Crippen molar-refractivity contribution in [3.8, 4) is 5.75 Å². The first-order valence-corrected chi connectivity index (χ1v) is 9.89. The number of halogens is 1. The number of carbonyl (C=O) groups is 1. The number of aromatic nitrogens is 2. The lowest BCUT2D eigenvalue weighted by molar-refractivity contribution is -0.118. The summed E-state index contributed by atoms with van der Waals surface area (Å²) in [5.74, 6) is 1.33. The normalized spacial score (nSPS) is 10.6. The number of nitrogens with zero attached hydrogens (tertiary/aromatic N) is 2. The minimum absolute atomic E-state index is 0.0679. The topological polar surface area (TPSA) is 64.1 Å². The molecule has 0 aliphatic heterocycles. The Morgan fingerprint density at radius 3 is 2.91 bits per heavy atom. The largest absolute Gasteiger partial charge is 0.483 e. The van der Waals surface area contributed by atoms with E-state index in [9.17, 15) is 4.79 Å². The number of hydrogen-bond donors (Lipinski definition) is 1. The van der Waals surface area contributed by atoms with Gasteiger partial charge in [-0.05, 0) is 45.8 Å². The minimum Gasteiger partial charge on any atom is -0.483 e. The van der Waals surface area contributed by atoms with Crippen LogP contribution >= 0.6 is 39.0 Å². The average Bonchev–Trinajstić information content (AvgIpc) is 2.94. The zero-order valence-electron chi connectivity index (χ0n) is 13.0. The van der Waals surface area contributed by atoms with Crippen LogP contribution in [-0.4, -0.2) is 28.5 Å². The lowest BCUT2D eigenvalue weighted by Gasteiger charge is -2.09. The molecule has 0 saturated heterocycles. The van der Waals surface area contributed by atoms with Gasteiger partial charge in [-0.1, -0.05) is 49.4 Å². The number of benzene rings is 1. The Kier molecular flexibility index (Phi) is 7.32. The fourth-order valence-electron chi connectivity index (χ4n) is 1.85. The van der Waals surface area contributed by atoms with Crippen molar-refractivity contribution in [2.45, 2.75) is 31.0 Å². The number of rotatable bonds is 8. The molecule has 1 N–H and O–H groups in total. The summed E-state index contributed by atoms with van der Waals surface area (Å²) in [5, 5.41) is 11.1. The lowest BCUT2D eigenvalue weighted by atomic mass is 10.1. The molecule has 0 bridgehead atoms. The van der Waals surface area contributed by atoms with Crippen molar-refractivity contribution >= 4 is 50.1 Å². The third-order valence-electron chi connectivity index (χ3n) is 2.81. The molecule has 0 saturated carbocycles. The van der Waals surface area contributed by atoms with Gasteiger partial charge in [-0.15, -0.1) is 10.2 Å². The Hall–Kier alpha value is -1.12. The Bertz CT molecular complexity index is 664. The van der Waals surface area contributed by atoms with Crippen LogP contribution in [0.15, 0.2) is 27.0 Å². The van der Waals surface area contributed by atoms with Crippen LogP contribution in [0.2, 0.25) is 0 Å². The van der Waals surface area contributed by atoms with E-state index >= 15 is 0 Å². The van der Waals surface area contributed by atoms with Crippen molar-refractivity contribution < 1.29 is 9.53 Å². The van der Waals surface area contributed by atoms with Crippen molar-refractivity contribution in [1.82, 2.24) is 10.2 Å². The van der Waals surface area contributed by atoms with Gasteiger partial charge in [0.05, 0.1) is 4.47 Å². The van der Waals surface area contributed by atoms with E-state index in [4.69, 9.17) is 4.74 Å². The summed E-state index contributed by atoms with van der Waals surface area (Å²) in [6.45, 7) is 4.11. The highest BCUT2D eigenvalue weighted by atomic mass is 79.9. The fourth-order valence-corrected chi connectivity index (χ4v) is 4.05. The van der Waals surface area contributed by atoms with E-state index in [0.717, 1.165) is 27.4 Å². The standard InChI is InChI=1S/C15H18BrN3O2S2/c1-3-5-10-6-7-12(11(16)8-10)21-9-13(20)17-14-18-19-15(23-14)22-4-2/h6-8H,3-5,9H2,1-2H3,(H,17,18,20). The van der Waals surface area contributed by atoms with Crippen molar-refractivity contribution in [2.75, 3.05) is 17.7 Å². The minimum atomic E-state index is -0.251. The van der Waals surface area contributed by atoms with Gasteiger partial charge in [0, 0.05) is 0 Å². The molecule has 0 aliphatic rings. The van der Waals surface area contributed by atoms with Crippen LogP contribution in [0.25, 0.3) is 0 Å². The zero-order chi connectivity index (χ0) is 16.7. The van der Waals surface area contributed by atoms with Crippen LogP contribution in [0.4, 0.5) is 5.13 Å². The molecular formula is C15H18BrN3O2S2. The average molecular weight is 416 g/mol. The van der Waals surface area contributed by atoms with Gasteiger partial charge in [-0.25, -0.2) is 0 Å². The molecule has 5 nitrogen and oxygen atoms in total. The second kappa shape index (κ2) is 9.24. The summed E-state index contributed by atoms with van der Waals surface area (Å²) in [7, 11) is 0.